The zero-order chi connectivity index (χ0) is 12.1. The molecule has 0 aliphatic rings. The standard InChI is InChI=1S/C13H18N2O/c1-9(2)11-4-6-12(7-5-11)15-13(16)8-10(3)14/h4-7,9,14H,8H2,1-3H3,(H,15,16). The number of carbonyl (C=O) groups is 1. The van der Waals surface area contributed by atoms with E-state index in [1.165, 1.54) is 5.56 Å². The van der Waals surface area contributed by atoms with Crippen LogP contribution in [0.5, 0.6) is 0 Å². The van der Waals surface area contributed by atoms with Crippen LogP contribution in [0.2, 0.25) is 0 Å². The highest BCUT2D eigenvalue weighted by Crippen LogP contribution is 2.17. The fraction of sp³-hybridized carbons (Fsp3) is 0.385. The molecular weight excluding hydrogens is 200 g/mol. The second kappa shape index (κ2) is 5.45. The summed E-state index contributed by atoms with van der Waals surface area (Å²) >= 11 is 0. The highest BCUT2D eigenvalue weighted by molar-refractivity contribution is 6.04. The maximum atomic E-state index is 11.4. The summed E-state index contributed by atoms with van der Waals surface area (Å²) in [5.74, 6) is 0.360. The Morgan fingerprint density at radius 1 is 1.31 bits per heavy atom. The number of rotatable bonds is 4. The third kappa shape index (κ3) is 3.85. The molecule has 0 saturated heterocycles. The lowest BCUT2D eigenvalue weighted by atomic mass is 10.0. The molecule has 86 valence electrons. The molecule has 16 heavy (non-hydrogen) atoms. The molecule has 0 aromatic heterocycles. The van der Waals surface area contributed by atoms with Crippen molar-refractivity contribution in [2.75, 3.05) is 5.32 Å². The molecule has 0 heterocycles. The number of nitrogens with one attached hydrogen (secondary N) is 2. The Hall–Kier alpha value is -1.64. The summed E-state index contributed by atoms with van der Waals surface area (Å²) in [6, 6.07) is 7.81. The summed E-state index contributed by atoms with van der Waals surface area (Å²) in [6.07, 6.45) is 0.159. The fourth-order valence-electron chi connectivity index (χ4n) is 1.40. The quantitative estimate of drug-likeness (QED) is 0.749. The lowest BCUT2D eigenvalue weighted by molar-refractivity contribution is -0.115. The number of carbonyl (C=O) groups excluding carboxylic acids is 1. The summed E-state index contributed by atoms with van der Waals surface area (Å²) in [7, 11) is 0. The summed E-state index contributed by atoms with van der Waals surface area (Å²) in [6.45, 7) is 5.89. The monoisotopic (exact) mass is 218 g/mol. The van der Waals surface area contributed by atoms with Crippen molar-refractivity contribution in [1.29, 1.82) is 5.41 Å². The SMILES string of the molecule is CC(=N)CC(=O)Nc1ccc(C(C)C)cc1. The molecule has 0 bridgehead atoms. The van der Waals surface area contributed by atoms with Crippen LogP contribution >= 0.6 is 0 Å². The van der Waals surface area contributed by atoms with Crippen LogP contribution in [0, 0.1) is 5.41 Å². The molecule has 1 amide bonds. The van der Waals surface area contributed by atoms with Gasteiger partial charge in [0.05, 0.1) is 6.42 Å². The van der Waals surface area contributed by atoms with Gasteiger partial charge in [0, 0.05) is 11.4 Å². The van der Waals surface area contributed by atoms with Crippen LogP contribution in [-0.4, -0.2) is 11.6 Å². The molecule has 0 spiro atoms. The van der Waals surface area contributed by atoms with E-state index in [1.807, 2.05) is 24.3 Å². The van der Waals surface area contributed by atoms with Crippen LogP contribution < -0.4 is 5.32 Å². The Bertz CT molecular complexity index is 379. The molecule has 0 radical (unpaired) electrons. The molecule has 1 aromatic carbocycles. The van der Waals surface area contributed by atoms with Crippen LogP contribution in [0.15, 0.2) is 24.3 Å². The molecule has 2 N–H and O–H groups in total. The average molecular weight is 218 g/mol. The molecule has 0 unspecified atom stereocenters. The van der Waals surface area contributed by atoms with Crippen LogP contribution in [0.4, 0.5) is 5.69 Å². The van der Waals surface area contributed by atoms with E-state index in [-0.39, 0.29) is 12.3 Å². The molecule has 3 heteroatoms. The highest BCUT2D eigenvalue weighted by Gasteiger charge is 2.04. The zero-order valence-corrected chi connectivity index (χ0v) is 10.0. The minimum absolute atomic E-state index is 0.134. The number of hydrogen-bond donors (Lipinski definition) is 2. The largest absolute Gasteiger partial charge is 0.326 e. The van der Waals surface area contributed by atoms with E-state index in [0.717, 1.165) is 5.69 Å². The minimum Gasteiger partial charge on any atom is -0.326 e. The van der Waals surface area contributed by atoms with Crippen molar-refractivity contribution in [3.63, 3.8) is 0 Å². The highest BCUT2D eigenvalue weighted by atomic mass is 16.1. The number of amides is 1. The first-order valence-electron chi connectivity index (χ1n) is 5.43. The van der Waals surface area contributed by atoms with E-state index in [0.29, 0.717) is 11.6 Å². The molecule has 1 aromatic rings. The van der Waals surface area contributed by atoms with E-state index >= 15 is 0 Å². The van der Waals surface area contributed by atoms with E-state index in [9.17, 15) is 4.79 Å². The van der Waals surface area contributed by atoms with Crippen molar-refractivity contribution in [1.82, 2.24) is 0 Å². The van der Waals surface area contributed by atoms with Gasteiger partial charge in [0.2, 0.25) is 5.91 Å². The van der Waals surface area contributed by atoms with Crippen molar-refractivity contribution in [3.05, 3.63) is 29.8 Å². The predicted molar refractivity (Wildman–Crippen MR) is 67.2 cm³/mol. The first kappa shape index (κ1) is 12.4. The maximum Gasteiger partial charge on any atom is 0.230 e. The van der Waals surface area contributed by atoms with Gasteiger partial charge in [-0.1, -0.05) is 26.0 Å². The lowest BCUT2D eigenvalue weighted by Crippen LogP contribution is -2.14. The van der Waals surface area contributed by atoms with Gasteiger partial charge in [-0.25, -0.2) is 0 Å². The van der Waals surface area contributed by atoms with Gasteiger partial charge in [-0.05, 0) is 30.5 Å². The molecule has 0 fully saturated rings. The van der Waals surface area contributed by atoms with Crippen molar-refractivity contribution in [2.24, 2.45) is 0 Å². The molecule has 0 atom stereocenters. The Morgan fingerprint density at radius 3 is 2.31 bits per heavy atom. The van der Waals surface area contributed by atoms with Crippen molar-refractivity contribution in [3.8, 4) is 0 Å². The summed E-state index contributed by atoms with van der Waals surface area (Å²) in [5, 5.41) is 9.98. The number of hydrogen-bond acceptors (Lipinski definition) is 2. The minimum atomic E-state index is -0.134. The third-order valence-corrected chi connectivity index (χ3v) is 2.29. The second-order valence-corrected chi connectivity index (χ2v) is 4.28. The first-order valence-corrected chi connectivity index (χ1v) is 5.43. The predicted octanol–water partition coefficient (Wildman–Crippen LogP) is 3.18. The Morgan fingerprint density at radius 2 is 1.88 bits per heavy atom. The number of benzene rings is 1. The Labute approximate surface area is 96.4 Å². The average Bonchev–Trinajstić information content (AvgIpc) is 2.16. The van der Waals surface area contributed by atoms with Gasteiger partial charge in [0.1, 0.15) is 0 Å². The van der Waals surface area contributed by atoms with E-state index in [1.54, 1.807) is 6.92 Å². The maximum absolute atomic E-state index is 11.4. The Kier molecular flexibility index (Phi) is 4.23. The van der Waals surface area contributed by atoms with E-state index in [4.69, 9.17) is 5.41 Å². The molecular formula is C13H18N2O. The zero-order valence-electron chi connectivity index (χ0n) is 10.0. The molecule has 0 saturated carbocycles. The van der Waals surface area contributed by atoms with Gasteiger partial charge in [0.15, 0.2) is 0 Å². The fourth-order valence-corrected chi connectivity index (χ4v) is 1.40. The van der Waals surface area contributed by atoms with E-state index < -0.39 is 0 Å². The van der Waals surface area contributed by atoms with Gasteiger partial charge in [-0.3, -0.25) is 4.79 Å². The normalized spacial score (nSPS) is 10.2. The second-order valence-electron chi connectivity index (χ2n) is 4.28. The third-order valence-electron chi connectivity index (χ3n) is 2.29. The van der Waals surface area contributed by atoms with E-state index in [2.05, 4.69) is 19.2 Å². The van der Waals surface area contributed by atoms with Gasteiger partial charge >= 0.3 is 0 Å². The van der Waals surface area contributed by atoms with Crippen LogP contribution in [0.3, 0.4) is 0 Å². The van der Waals surface area contributed by atoms with Gasteiger partial charge < -0.3 is 10.7 Å². The van der Waals surface area contributed by atoms with Gasteiger partial charge in [-0.15, -0.1) is 0 Å². The lowest BCUT2D eigenvalue weighted by Gasteiger charge is -2.08. The van der Waals surface area contributed by atoms with Gasteiger partial charge in [-0.2, -0.15) is 0 Å². The Balaban J connectivity index is 2.62. The molecule has 0 aliphatic heterocycles. The molecule has 1 rings (SSSR count). The van der Waals surface area contributed by atoms with Crippen molar-refractivity contribution >= 4 is 17.3 Å². The van der Waals surface area contributed by atoms with Crippen molar-refractivity contribution < 1.29 is 4.79 Å². The smallest absolute Gasteiger partial charge is 0.230 e. The molecule has 0 aliphatic carbocycles. The summed E-state index contributed by atoms with van der Waals surface area (Å²) < 4.78 is 0. The van der Waals surface area contributed by atoms with Crippen LogP contribution in [-0.2, 0) is 4.79 Å². The number of anilines is 1. The molecule has 3 nitrogen and oxygen atoms in total. The first-order chi connectivity index (χ1) is 7.49. The topological polar surface area (TPSA) is 53.0 Å². The van der Waals surface area contributed by atoms with Crippen LogP contribution in [0.1, 0.15) is 38.7 Å². The summed E-state index contributed by atoms with van der Waals surface area (Å²) in [5.41, 5.74) is 2.41. The van der Waals surface area contributed by atoms with Gasteiger partial charge in [0.25, 0.3) is 0 Å². The van der Waals surface area contributed by atoms with Crippen LogP contribution in [0.25, 0.3) is 0 Å². The van der Waals surface area contributed by atoms with Crippen molar-refractivity contribution in [2.45, 2.75) is 33.1 Å². The summed E-state index contributed by atoms with van der Waals surface area (Å²) in [4.78, 5) is 11.4.